The number of hydrogen-bond acceptors (Lipinski definition) is 9. The quantitative estimate of drug-likeness (QED) is 0.0232. The molecule has 0 radical (unpaired) electrons. The Bertz CT molecular complexity index is 1260. The van der Waals surface area contributed by atoms with Crippen LogP contribution in [0.1, 0.15) is 168 Å². The summed E-state index contributed by atoms with van der Waals surface area (Å²) in [4.78, 5) is 46.0. The molecule has 4 N–H and O–H groups in total. The smallest absolute Gasteiger partial charge is 0.472 e. The number of rotatable bonds is 40. The first-order valence-corrected chi connectivity index (χ1v) is 23.5. The zero-order valence-corrected chi connectivity index (χ0v) is 36.8. The highest BCUT2D eigenvalue weighted by molar-refractivity contribution is 7.47. The lowest BCUT2D eigenvalue weighted by molar-refractivity contribution is -0.161. The maximum absolute atomic E-state index is 12.6. The molecule has 58 heavy (non-hydrogen) atoms. The van der Waals surface area contributed by atoms with E-state index in [9.17, 15) is 23.8 Å². The summed E-state index contributed by atoms with van der Waals surface area (Å²) in [6, 6.07) is -1.53. The number of esters is 2. The zero-order valence-electron chi connectivity index (χ0n) is 35.9. The van der Waals surface area contributed by atoms with Crippen molar-refractivity contribution < 1.29 is 47.5 Å². The predicted molar refractivity (Wildman–Crippen MR) is 235 cm³/mol. The lowest BCUT2D eigenvalue weighted by Gasteiger charge is -2.20. The maximum atomic E-state index is 12.6. The SMILES string of the molecule is CC/C=C\C/C=C\C/C=C\C/C=C\CCCCCCC(=O)OC(COC(=O)CCCCCCCCC/C=C\C/C=C\CCCCC)COP(=O)(O)OCC(N)C(=O)O. The summed E-state index contributed by atoms with van der Waals surface area (Å²) in [5.74, 6) is -2.43. The van der Waals surface area contributed by atoms with Crippen LogP contribution in [-0.4, -0.2) is 59.9 Å². The van der Waals surface area contributed by atoms with Crippen LogP contribution < -0.4 is 5.73 Å². The van der Waals surface area contributed by atoms with Crippen LogP contribution in [0.4, 0.5) is 0 Å². The lowest BCUT2D eigenvalue weighted by atomic mass is 10.1. The van der Waals surface area contributed by atoms with Gasteiger partial charge in [-0.1, -0.05) is 145 Å². The van der Waals surface area contributed by atoms with Gasteiger partial charge < -0.3 is 25.2 Å². The number of allylic oxidation sites excluding steroid dienone is 12. The van der Waals surface area contributed by atoms with E-state index in [0.717, 1.165) is 89.9 Å². The van der Waals surface area contributed by atoms with Crippen LogP contribution in [0.2, 0.25) is 0 Å². The summed E-state index contributed by atoms with van der Waals surface area (Å²) in [5.41, 5.74) is 5.33. The van der Waals surface area contributed by atoms with Gasteiger partial charge in [0.05, 0.1) is 13.2 Å². The summed E-state index contributed by atoms with van der Waals surface area (Å²) < 4.78 is 32.7. The summed E-state index contributed by atoms with van der Waals surface area (Å²) >= 11 is 0. The van der Waals surface area contributed by atoms with E-state index >= 15 is 0 Å². The molecule has 3 unspecified atom stereocenters. The van der Waals surface area contributed by atoms with Gasteiger partial charge in [0.1, 0.15) is 12.6 Å². The van der Waals surface area contributed by atoms with Crippen molar-refractivity contribution in [3.63, 3.8) is 0 Å². The third-order valence-corrected chi connectivity index (χ3v) is 9.89. The molecule has 0 aliphatic rings. The van der Waals surface area contributed by atoms with Crippen molar-refractivity contribution in [1.82, 2.24) is 0 Å². The number of carboxylic acid groups (broad SMARTS) is 1. The van der Waals surface area contributed by atoms with Gasteiger partial charge in [0.15, 0.2) is 6.10 Å². The fourth-order valence-corrected chi connectivity index (χ4v) is 6.27. The van der Waals surface area contributed by atoms with Gasteiger partial charge in [0.2, 0.25) is 0 Å². The fourth-order valence-electron chi connectivity index (χ4n) is 5.50. The molecule has 11 nitrogen and oxygen atoms in total. The van der Waals surface area contributed by atoms with Crippen molar-refractivity contribution in [3.05, 3.63) is 72.9 Å². The Morgan fingerprint density at radius 2 is 0.966 bits per heavy atom. The molecule has 0 spiro atoms. The highest BCUT2D eigenvalue weighted by Gasteiger charge is 2.28. The average Bonchev–Trinajstić information content (AvgIpc) is 3.20. The Morgan fingerprint density at radius 3 is 1.45 bits per heavy atom. The maximum Gasteiger partial charge on any atom is 0.472 e. The van der Waals surface area contributed by atoms with E-state index in [1.807, 2.05) is 0 Å². The molecule has 0 aromatic heterocycles. The molecule has 0 bridgehead atoms. The first-order chi connectivity index (χ1) is 28.1. The molecule has 0 aliphatic carbocycles. The number of unbranched alkanes of at least 4 members (excludes halogenated alkanes) is 14. The Hall–Kier alpha value is -3.08. The summed E-state index contributed by atoms with van der Waals surface area (Å²) in [6.45, 7) is 2.62. The van der Waals surface area contributed by atoms with Crippen LogP contribution in [0.5, 0.6) is 0 Å². The minimum absolute atomic E-state index is 0.128. The second-order valence-electron chi connectivity index (χ2n) is 14.4. The van der Waals surface area contributed by atoms with Crippen molar-refractivity contribution in [2.75, 3.05) is 19.8 Å². The fraction of sp³-hybridized carbons (Fsp3) is 0.674. The molecule has 0 aliphatic heterocycles. The Kier molecular flexibility index (Phi) is 38.5. The molecular formula is C46H78NO10P. The lowest BCUT2D eigenvalue weighted by Crippen LogP contribution is -2.34. The van der Waals surface area contributed by atoms with Gasteiger partial charge in [-0.25, -0.2) is 4.57 Å². The molecule has 0 saturated carbocycles. The molecule has 12 heteroatoms. The van der Waals surface area contributed by atoms with Crippen LogP contribution in [0.25, 0.3) is 0 Å². The van der Waals surface area contributed by atoms with Gasteiger partial charge in [-0.3, -0.25) is 23.4 Å². The zero-order chi connectivity index (χ0) is 42.8. The number of nitrogens with two attached hydrogens (primary N) is 1. The van der Waals surface area contributed by atoms with Crippen LogP contribution >= 0.6 is 7.82 Å². The minimum Gasteiger partial charge on any atom is -0.480 e. The second kappa shape index (κ2) is 40.7. The molecule has 0 aromatic carbocycles. The number of carboxylic acids is 1. The van der Waals surface area contributed by atoms with Crippen molar-refractivity contribution in [2.24, 2.45) is 5.73 Å². The molecule has 0 heterocycles. The Labute approximate surface area is 350 Å². The number of phosphoric ester groups is 1. The van der Waals surface area contributed by atoms with Crippen LogP contribution in [0, 0.1) is 0 Å². The standard InChI is InChI=1S/C46H78NO10P/c1-3-5-7-9-11-13-15-17-19-21-23-25-27-29-31-33-35-37-44(48)54-39-42(40-55-58(52,53)56-41-43(47)46(50)51)57-45(49)38-36-34-32-30-28-26-24-22-20-18-16-14-12-10-8-6-4-2/h6,8,11-14,17-20,24,26,42-43H,3-5,7,9-10,15-16,21-23,25,27-41,47H2,1-2H3,(H,50,51)(H,52,53)/b8-6-,13-11-,14-12-,19-17-,20-18-,26-24-. The van der Waals surface area contributed by atoms with Gasteiger partial charge in [0, 0.05) is 12.8 Å². The Balaban J connectivity index is 4.43. The monoisotopic (exact) mass is 836 g/mol. The van der Waals surface area contributed by atoms with Crippen LogP contribution in [0.15, 0.2) is 72.9 Å². The molecule has 0 rings (SSSR count). The van der Waals surface area contributed by atoms with Gasteiger partial charge >= 0.3 is 25.7 Å². The predicted octanol–water partition coefficient (Wildman–Crippen LogP) is 11.7. The van der Waals surface area contributed by atoms with E-state index < -0.39 is 51.1 Å². The molecule has 0 aromatic rings. The van der Waals surface area contributed by atoms with Crippen molar-refractivity contribution in [1.29, 1.82) is 0 Å². The number of carbonyl (C=O) groups excluding carboxylic acids is 2. The third kappa shape index (κ3) is 39.7. The molecule has 3 atom stereocenters. The Morgan fingerprint density at radius 1 is 0.552 bits per heavy atom. The molecule has 0 amide bonds. The minimum atomic E-state index is -4.73. The van der Waals surface area contributed by atoms with E-state index in [4.69, 9.17) is 24.8 Å². The highest BCUT2D eigenvalue weighted by atomic mass is 31.2. The average molecular weight is 836 g/mol. The summed E-state index contributed by atoms with van der Waals surface area (Å²) in [5, 5.41) is 8.89. The van der Waals surface area contributed by atoms with E-state index in [-0.39, 0.29) is 19.4 Å². The molecule has 0 fully saturated rings. The van der Waals surface area contributed by atoms with Crippen molar-refractivity contribution >= 4 is 25.7 Å². The van der Waals surface area contributed by atoms with E-state index in [1.165, 1.54) is 38.5 Å². The summed E-state index contributed by atoms with van der Waals surface area (Å²) in [7, 11) is -4.73. The number of phosphoric acid groups is 1. The number of hydrogen-bond donors (Lipinski definition) is 3. The number of ether oxygens (including phenoxy) is 2. The molecule has 332 valence electrons. The molecular weight excluding hydrogens is 757 g/mol. The van der Waals surface area contributed by atoms with Gasteiger partial charge in [-0.05, 0) is 83.5 Å². The largest absolute Gasteiger partial charge is 0.480 e. The second-order valence-corrected chi connectivity index (χ2v) is 15.9. The van der Waals surface area contributed by atoms with E-state index in [0.29, 0.717) is 12.8 Å². The van der Waals surface area contributed by atoms with Crippen molar-refractivity contribution in [3.8, 4) is 0 Å². The highest BCUT2D eigenvalue weighted by Crippen LogP contribution is 2.43. The van der Waals surface area contributed by atoms with Gasteiger partial charge in [-0.2, -0.15) is 0 Å². The molecule has 0 saturated heterocycles. The first kappa shape index (κ1) is 54.9. The normalized spacial score (nSPS) is 14.4. The van der Waals surface area contributed by atoms with Crippen molar-refractivity contribution in [2.45, 2.75) is 180 Å². The number of carbonyl (C=O) groups is 3. The van der Waals surface area contributed by atoms with E-state index in [2.05, 4.69) is 91.3 Å². The van der Waals surface area contributed by atoms with Crippen LogP contribution in [0.3, 0.4) is 0 Å². The van der Waals surface area contributed by atoms with Gasteiger partial charge in [0.25, 0.3) is 0 Å². The topological polar surface area (TPSA) is 172 Å². The van der Waals surface area contributed by atoms with Crippen LogP contribution in [-0.2, 0) is 37.5 Å². The van der Waals surface area contributed by atoms with E-state index in [1.54, 1.807) is 0 Å². The third-order valence-electron chi connectivity index (χ3n) is 8.94. The number of aliphatic carboxylic acids is 1. The van der Waals surface area contributed by atoms with Gasteiger partial charge in [-0.15, -0.1) is 0 Å². The summed E-state index contributed by atoms with van der Waals surface area (Å²) in [6.07, 6.45) is 48.2. The first-order valence-electron chi connectivity index (χ1n) is 22.0.